The largest absolute Gasteiger partial charge is 0.496 e. The van der Waals surface area contributed by atoms with Crippen molar-refractivity contribution in [2.24, 2.45) is 4.99 Å². The molecule has 3 N–H and O–H groups in total. The zero-order chi connectivity index (χ0) is 21.2. The molecule has 0 saturated carbocycles. The highest BCUT2D eigenvalue weighted by atomic mass is 127. The zero-order valence-corrected chi connectivity index (χ0v) is 20.7. The van der Waals surface area contributed by atoms with Gasteiger partial charge in [-0.3, -0.25) is 9.79 Å². The molecule has 0 radical (unpaired) electrons. The van der Waals surface area contributed by atoms with Crippen LogP contribution < -0.4 is 20.7 Å². The number of furan rings is 1. The van der Waals surface area contributed by atoms with Gasteiger partial charge in [-0.2, -0.15) is 0 Å². The van der Waals surface area contributed by atoms with E-state index in [0.717, 1.165) is 35.8 Å². The van der Waals surface area contributed by atoms with Crippen LogP contribution in [-0.4, -0.2) is 38.6 Å². The molecule has 0 aliphatic rings. The SMILES string of the molecule is CCNC(=NCCCNC(=O)c1occc1C)NC(C)c1cc(C)ccc1OC.I. The number of methoxy groups -OCH3 is 1. The summed E-state index contributed by atoms with van der Waals surface area (Å²) in [6.07, 6.45) is 2.25. The topological polar surface area (TPSA) is 87.9 Å². The molecule has 0 spiro atoms. The summed E-state index contributed by atoms with van der Waals surface area (Å²) in [6.45, 7) is 9.90. The van der Waals surface area contributed by atoms with Crippen LogP contribution in [0.3, 0.4) is 0 Å². The number of carbonyl (C=O) groups is 1. The summed E-state index contributed by atoms with van der Waals surface area (Å²) < 4.78 is 10.7. The molecule has 0 aliphatic carbocycles. The van der Waals surface area contributed by atoms with Gasteiger partial charge in [0.25, 0.3) is 5.91 Å². The van der Waals surface area contributed by atoms with Crippen molar-refractivity contribution in [3.63, 3.8) is 0 Å². The third-order valence-corrected chi connectivity index (χ3v) is 4.51. The molecular formula is C22H33IN4O3. The van der Waals surface area contributed by atoms with Gasteiger partial charge in [0.1, 0.15) is 5.75 Å². The summed E-state index contributed by atoms with van der Waals surface area (Å²) in [7, 11) is 1.68. The molecule has 2 aromatic rings. The molecule has 0 fully saturated rings. The molecule has 1 unspecified atom stereocenters. The first kappa shape index (κ1) is 25.8. The van der Waals surface area contributed by atoms with Crippen LogP contribution in [0.25, 0.3) is 0 Å². The van der Waals surface area contributed by atoms with Crippen LogP contribution in [0.4, 0.5) is 0 Å². The van der Waals surface area contributed by atoms with Crippen LogP contribution in [0.2, 0.25) is 0 Å². The first-order chi connectivity index (χ1) is 14.0. The monoisotopic (exact) mass is 528 g/mol. The number of aryl methyl sites for hydroxylation is 2. The highest BCUT2D eigenvalue weighted by molar-refractivity contribution is 14.0. The van der Waals surface area contributed by atoms with Crippen molar-refractivity contribution >= 4 is 35.8 Å². The summed E-state index contributed by atoms with van der Waals surface area (Å²) in [5, 5.41) is 9.54. The van der Waals surface area contributed by atoms with E-state index >= 15 is 0 Å². The van der Waals surface area contributed by atoms with E-state index in [0.29, 0.717) is 18.8 Å². The van der Waals surface area contributed by atoms with Crippen LogP contribution in [0.15, 0.2) is 39.9 Å². The number of nitrogens with one attached hydrogen (secondary N) is 3. The minimum absolute atomic E-state index is 0. The quantitative estimate of drug-likeness (QED) is 0.199. The molecule has 1 aromatic carbocycles. The molecule has 1 atom stereocenters. The normalized spacial score (nSPS) is 12.0. The summed E-state index contributed by atoms with van der Waals surface area (Å²) in [5.74, 6) is 1.75. The van der Waals surface area contributed by atoms with Gasteiger partial charge >= 0.3 is 0 Å². The molecule has 0 aliphatic heterocycles. The highest BCUT2D eigenvalue weighted by Crippen LogP contribution is 2.25. The number of halogens is 1. The number of guanidine groups is 1. The molecule has 2 rings (SSSR count). The Labute approximate surface area is 196 Å². The van der Waals surface area contributed by atoms with E-state index < -0.39 is 0 Å². The van der Waals surface area contributed by atoms with Crippen molar-refractivity contribution in [1.82, 2.24) is 16.0 Å². The smallest absolute Gasteiger partial charge is 0.287 e. The van der Waals surface area contributed by atoms with E-state index in [2.05, 4.69) is 40.9 Å². The number of benzene rings is 1. The van der Waals surface area contributed by atoms with Gasteiger partial charge in [0.2, 0.25) is 0 Å². The fourth-order valence-corrected chi connectivity index (χ4v) is 2.95. The molecule has 0 saturated heterocycles. The molecule has 7 nitrogen and oxygen atoms in total. The van der Waals surface area contributed by atoms with Crippen molar-refractivity contribution in [1.29, 1.82) is 0 Å². The summed E-state index contributed by atoms with van der Waals surface area (Å²) in [5.41, 5.74) is 3.10. The number of aliphatic imine (C=N–C) groups is 1. The average Bonchev–Trinajstić information content (AvgIpc) is 3.13. The maximum atomic E-state index is 12.0. The predicted octanol–water partition coefficient (Wildman–Crippen LogP) is 3.96. The zero-order valence-electron chi connectivity index (χ0n) is 18.4. The number of carbonyl (C=O) groups excluding carboxylic acids is 1. The van der Waals surface area contributed by atoms with Gasteiger partial charge in [-0.1, -0.05) is 17.7 Å². The third-order valence-electron chi connectivity index (χ3n) is 4.51. The molecule has 166 valence electrons. The maximum absolute atomic E-state index is 12.0. The first-order valence-corrected chi connectivity index (χ1v) is 9.98. The summed E-state index contributed by atoms with van der Waals surface area (Å²) in [6, 6.07) is 7.94. The van der Waals surface area contributed by atoms with Crippen LogP contribution >= 0.6 is 24.0 Å². The second kappa shape index (κ2) is 13.1. The number of hydrogen-bond acceptors (Lipinski definition) is 4. The Kier molecular flexibility index (Phi) is 11.3. The summed E-state index contributed by atoms with van der Waals surface area (Å²) >= 11 is 0. The number of nitrogens with zero attached hydrogens (tertiary/aromatic N) is 1. The van der Waals surface area contributed by atoms with E-state index in [1.54, 1.807) is 13.2 Å². The highest BCUT2D eigenvalue weighted by Gasteiger charge is 2.14. The molecule has 1 heterocycles. The number of hydrogen-bond donors (Lipinski definition) is 3. The fraction of sp³-hybridized carbons (Fsp3) is 0.455. The number of amides is 1. The Bertz CT molecular complexity index is 836. The van der Waals surface area contributed by atoms with Crippen LogP contribution in [-0.2, 0) is 0 Å². The van der Waals surface area contributed by atoms with E-state index in [-0.39, 0.29) is 35.9 Å². The standard InChI is InChI=1S/C22H32N4O3.HI/c1-6-23-22(26-17(4)18-14-15(2)8-9-19(18)28-5)25-12-7-11-24-21(27)20-16(3)10-13-29-20;/h8-10,13-14,17H,6-7,11-12H2,1-5H3,(H,24,27)(H2,23,25,26);1H. The Morgan fingerprint density at radius 1 is 1.23 bits per heavy atom. The molecule has 0 bridgehead atoms. The van der Waals surface area contributed by atoms with Crippen molar-refractivity contribution in [2.45, 2.75) is 40.2 Å². The lowest BCUT2D eigenvalue weighted by atomic mass is 10.0. The van der Waals surface area contributed by atoms with Gasteiger partial charge < -0.3 is 25.1 Å². The number of rotatable bonds is 9. The van der Waals surface area contributed by atoms with Gasteiger partial charge in [0.05, 0.1) is 19.4 Å². The average molecular weight is 528 g/mol. The van der Waals surface area contributed by atoms with Crippen LogP contribution in [0.5, 0.6) is 5.75 Å². The van der Waals surface area contributed by atoms with E-state index in [9.17, 15) is 4.79 Å². The Morgan fingerprint density at radius 3 is 2.63 bits per heavy atom. The Balaban J connectivity index is 0.00000450. The van der Waals surface area contributed by atoms with Crippen LogP contribution in [0.1, 0.15) is 53.6 Å². The Morgan fingerprint density at radius 2 is 2.00 bits per heavy atom. The maximum Gasteiger partial charge on any atom is 0.287 e. The van der Waals surface area contributed by atoms with Crippen molar-refractivity contribution in [2.75, 3.05) is 26.7 Å². The van der Waals surface area contributed by atoms with Crippen molar-refractivity contribution in [3.8, 4) is 5.75 Å². The van der Waals surface area contributed by atoms with Crippen LogP contribution in [0, 0.1) is 13.8 Å². The molecule has 30 heavy (non-hydrogen) atoms. The lowest BCUT2D eigenvalue weighted by molar-refractivity contribution is 0.0925. The molecule has 1 amide bonds. The van der Waals surface area contributed by atoms with E-state index in [4.69, 9.17) is 9.15 Å². The second-order valence-electron chi connectivity index (χ2n) is 6.91. The predicted molar refractivity (Wildman–Crippen MR) is 131 cm³/mol. The minimum Gasteiger partial charge on any atom is -0.496 e. The van der Waals surface area contributed by atoms with Crippen molar-refractivity contribution in [3.05, 3.63) is 53.0 Å². The van der Waals surface area contributed by atoms with Gasteiger partial charge in [0, 0.05) is 30.8 Å². The van der Waals surface area contributed by atoms with Gasteiger partial charge in [-0.15, -0.1) is 24.0 Å². The first-order valence-electron chi connectivity index (χ1n) is 9.98. The third kappa shape index (κ3) is 7.55. The molecule has 1 aromatic heterocycles. The number of ether oxygens (including phenoxy) is 1. The molecular weight excluding hydrogens is 495 g/mol. The molecule has 8 heteroatoms. The van der Waals surface area contributed by atoms with Gasteiger partial charge in [-0.25, -0.2) is 0 Å². The van der Waals surface area contributed by atoms with E-state index in [1.807, 2.05) is 26.0 Å². The van der Waals surface area contributed by atoms with E-state index in [1.165, 1.54) is 11.8 Å². The lowest BCUT2D eigenvalue weighted by Gasteiger charge is -2.20. The second-order valence-corrected chi connectivity index (χ2v) is 6.91. The Hall–Kier alpha value is -2.23. The van der Waals surface area contributed by atoms with Crippen molar-refractivity contribution < 1.29 is 13.9 Å². The lowest BCUT2D eigenvalue weighted by Crippen LogP contribution is -2.39. The summed E-state index contributed by atoms with van der Waals surface area (Å²) in [4.78, 5) is 16.7. The van der Waals surface area contributed by atoms with Gasteiger partial charge in [-0.05, 0) is 46.2 Å². The minimum atomic E-state index is -0.193. The van der Waals surface area contributed by atoms with Gasteiger partial charge in [0.15, 0.2) is 11.7 Å². The fourth-order valence-electron chi connectivity index (χ4n) is 2.95.